The molecule has 5 nitrogen and oxygen atoms in total. The molecule has 20 heavy (non-hydrogen) atoms. The monoisotopic (exact) mass is 281 g/mol. The van der Waals surface area contributed by atoms with Gasteiger partial charge in [0.05, 0.1) is 6.04 Å². The Morgan fingerprint density at radius 2 is 2.15 bits per heavy atom. The van der Waals surface area contributed by atoms with E-state index >= 15 is 0 Å². The number of nitrogens with zero attached hydrogens (tertiary/aromatic N) is 1. The van der Waals surface area contributed by atoms with E-state index in [1.165, 1.54) is 0 Å². The van der Waals surface area contributed by atoms with Gasteiger partial charge in [0.25, 0.3) is 0 Å². The summed E-state index contributed by atoms with van der Waals surface area (Å²) in [7, 11) is 0. The molecule has 0 aliphatic carbocycles. The van der Waals surface area contributed by atoms with Gasteiger partial charge in [0.1, 0.15) is 0 Å². The fourth-order valence-corrected chi connectivity index (χ4v) is 3.11. The van der Waals surface area contributed by atoms with E-state index in [-0.39, 0.29) is 17.9 Å². The van der Waals surface area contributed by atoms with Crippen LogP contribution < -0.4 is 10.6 Å². The first kappa shape index (κ1) is 15.3. The number of carbonyl (C=O) groups is 2. The van der Waals surface area contributed by atoms with Gasteiger partial charge in [-0.15, -0.1) is 0 Å². The van der Waals surface area contributed by atoms with Gasteiger partial charge in [-0.25, -0.2) is 0 Å². The summed E-state index contributed by atoms with van der Waals surface area (Å²) in [5, 5.41) is 6.26. The molecule has 0 unspecified atom stereocenters. The molecule has 2 amide bonds. The number of piperidine rings is 1. The van der Waals surface area contributed by atoms with E-state index in [1.54, 1.807) is 0 Å². The van der Waals surface area contributed by atoms with Crippen molar-refractivity contribution in [3.63, 3.8) is 0 Å². The molecule has 114 valence electrons. The smallest absolute Gasteiger partial charge is 0.237 e. The van der Waals surface area contributed by atoms with Gasteiger partial charge in [-0.2, -0.15) is 0 Å². The molecule has 2 aliphatic rings. The van der Waals surface area contributed by atoms with Crippen LogP contribution in [-0.2, 0) is 9.59 Å². The minimum absolute atomic E-state index is 0.00332. The molecule has 2 aliphatic heterocycles. The van der Waals surface area contributed by atoms with Crippen molar-refractivity contribution >= 4 is 11.8 Å². The van der Waals surface area contributed by atoms with Crippen LogP contribution in [0.4, 0.5) is 0 Å². The van der Waals surface area contributed by atoms with E-state index < -0.39 is 0 Å². The molecule has 2 rings (SSSR count). The molecule has 5 heteroatoms. The zero-order chi connectivity index (χ0) is 14.4. The lowest BCUT2D eigenvalue weighted by atomic mass is 9.97. The highest BCUT2D eigenvalue weighted by Gasteiger charge is 2.25. The molecule has 0 saturated carbocycles. The highest BCUT2D eigenvalue weighted by molar-refractivity contribution is 5.82. The van der Waals surface area contributed by atoms with Crippen LogP contribution in [0.15, 0.2) is 0 Å². The number of likely N-dealkylation sites (tertiary alicyclic amines) is 1. The van der Waals surface area contributed by atoms with Crippen LogP contribution in [0.5, 0.6) is 0 Å². The Morgan fingerprint density at radius 1 is 1.30 bits per heavy atom. The SMILES string of the molecule is CCCC(=O)N1CCC[C@H](CNC(=O)[C@H]2CCCN2)C1. The molecule has 0 radical (unpaired) electrons. The molecule has 0 aromatic rings. The van der Waals surface area contributed by atoms with Crippen LogP contribution in [0.1, 0.15) is 45.4 Å². The normalized spacial score (nSPS) is 26.6. The van der Waals surface area contributed by atoms with E-state index in [0.29, 0.717) is 18.9 Å². The third kappa shape index (κ3) is 4.20. The summed E-state index contributed by atoms with van der Waals surface area (Å²) in [6, 6.07) is -0.00332. The lowest BCUT2D eigenvalue weighted by Crippen LogP contribution is -2.46. The second-order valence-corrected chi connectivity index (χ2v) is 5.99. The molecule has 0 bridgehead atoms. The van der Waals surface area contributed by atoms with Crippen molar-refractivity contribution in [2.45, 2.75) is 51.5 Å². The molecular weight excluding hydrogens is 254 g/mol. The summed E-state index contributed by atoms with van der Waals surface area (Å²) >= 11 is 0. The molecule has 0 spiro atoms. The van der Waals surface area contributed by atoms with Gasteiger partial charge < -0.3 is 15.5 Å². The van der Waals surface area contributed by atoms with Crippen LogP contribution in [0.2, 0.25) is 0 Å². The van der Waals surface area contributed by atoms with E-state index in [9.17, 15) is 9.59 Å². The second kappa shape index (κ2) is 7.62. The number of hydrogen-bond donors (Lipinski definition) is 2. The van der Waals surface area contributed by atoms with Crippen LogP contribution in [0, 0.1) is 5.92 Å². The molecule has 2 heterocycles. The maximum atomic E-state index is 12.0. The first-order chi connectivity index (χ1) is 9.70. The number of nitrogens with one attached hydrogen (secondary N) is 2. The van der Waals surface area contributed by atoms with E-state index in [4.69, 9.17) is 0 Å². The molecule has 2 saturated heterocycles. The molecule has 2 fully saturated rings. The third-order valence-electron chi connectivity index (χ3n) is 4.28. The summed E-state index contributed by atoms with van der Waals surface area (Å²) in [5.41, 5.74) is 0. The molecule has 0 aromatic heterocycles. The summed E-state index contributed by atoms with van der Waals surface area (Å²) in [5.74, 6) is 0.801. The maximum absolute atomic E-state index is 12.0. The Bertz CT molecular complexity index is 340. The Hall–Kier alpha value is -1.10. The molecule has 2 atom stereocenters. The van der Waals surface area contributed by atoms with Gasteiger partial charge in [-0.1, -0.05) is 6.92 Å². The fourth-order valence-electron chi connectivity index (χ4n) is 3.11. The quantitative estimate of drug-likeness (QED) is 0.787. The summed E-state index contributed by atoms with van der Waals surface area (Å²) in [4.78, 5) is 25.8. The highest BCUT2D eigenvalue weighted by atomic mass is 16.2. The van der Waals surface area contributed by atoms with Gasteiger partial charge in [0.15, 0.2) is 0 Å². The standard InChI is InChI=1S/C15H27N3O2/c1-2-5-14(19)18-9-4-6-12(11-18)10-17-15(20)13-7-3-8-16-13/h12-13,16H,2-11H2,1H3,(H,17,20)/t12-,13-/m1/s1. The van der Waals surface area contributed by atoms with Crippen LogP contribution in [0.3, 0.4) is 0 Å². The Balaban J connectivity index is 1.72. The van der Waals surface area contributed by atoms with Gasteiger partial charge in [-0.05, 0) is 44.6 Å². The van der Waals surface area contributed by atoms with Gasteiger partial charge in [0, 0.05) is 26.1 Å². The number of amides is 2. The predicted molar refractivity (Wildman–Crippen MR) is 78.2 cm³/mol. The van der Waals surface area contributed by atoms with E-state index in [2.05, 4.69) is 10.6 Å². The topological polar surface area (TPSA) is 61.4 Å². The predicted octanol–water partition coefficient (Wildman–Crippen LogP) is 0.893. The van der Waals surface area contributed by atoms with Crippen molar-refractivity contribution in [3.05, 3.63) is 0 Å². The van der Waals surface area contributed by atoms with Crippen molar-refractivity contribution < 1.29 is 9.59 Å². The Labute approximate surface area is 121 Å². The first-order valence-corrected chi connectivity index (χ1v) is 7.99. The number of rotatable bonds is 5. The van der Waals surface area contributed by atoms with Gasteiger partial charge in [0.2, 0.25) is 11.8 Å². The highest BCUT2D eigenvalue weighted by Crippen LogP contribution is 2.17. The van der Waals surface area contributed by atoms with Crippen LogP contribution in [-0.4, -0.2) is 48.9 Å². The third-order valence-corrected chi connectivity index (χ3v) is 4.28. The van der Waals surface area contributed by atoms with Crippen molar-refractivity contribution in [1.29, 1.82) is 0 Å². The minimum atomic E-state index is -0.00332. The minimum Gasteiger partial charge on any atom is -0.354 e. The fraction of sp³-hybridized carbons (Fsp3) is 0.867. The summed E-state index contributed by atoms with van der Waals surface area (Å²) in [6.07, 6.45) is 5.74. The van der Waals surface area contributed by atoms with Gasteiger partial charge in [-0.3, -0.25) is 9.59 Å². The van der Waals surface area contributed by atoms with Crippen LogP contribution >= 0.6 is 0 Å². The van der Waals surface area contributed by atoms with Crippen molar-refractivity contribution in [2.75, 3.05) is 26.2 Å². The average Bonchev–Trinajstić information content (AvgIpc) is 2.99. The van der Waals surface area contributed by atoms with Crippen LogP contribution in [0.25, 0.3) is 0 Å². The van der Waals surface area contributed by atoms with Crippen molar-refractivity contribution in [2.24, 2.45) is 5.92 Å². The average molecular weight is 281 g/mol. The number of carbonyl (C=O) groups excluding carboxylic acids is 2. The number of hydrogen-bond acceptors (Lipinski definition) is 3. The van der Waals surface area contributed by atoms with Crippen molar-refractivity contribution in [1.82, 2.24) is 15.5 Å². The molecule has 0 aromatic carbocycles. The van der Waals surface area contributed by atoms with E-state index in [0.717, 1.165) is 51.7 Å². The summed E-state index contributed by atoms with van der Waals surface area (Å²) in [6.45, 7) is 5.37. The zero-order valence-electron chi connectivity index (χ0n) is 12.5. The second-order valence-electron chi connectivity index (χ2n) is 5.99. The summed E-state index contributed by atoms with van der Waals surface area (Å²) < 4.78 is 0. The van der Waals surface area contributed by atoms with E-state index in [1.807, 2.05) is 11.8 Å². The Kier molecular flexibility index (Phi) is 5.83. The van der Waals surface area contributed by atoms with Crippen molar-refractivity contribution in [3.8, 4) is 0 Å². The zero-order valence-corrected chi connectivity index (χ0v) is 12.5. The largest absolute Gasteiger partial charge is 0.354 e. The first-order valence-electron chi connectivity index (χ1n) is 7.99. The molecular formula is C15H27N3O2. The lowest BCUT2D eigenvalue weighted by molar-refractivity contribution is -0.133. The molecule has 2 N–H and O–H groups in total. The Morgan fingerprint density at radius 3 is 2.85 bits per heavy atom. The maximum Gasteiger partial charge on any atom is 0.237 e. The lowest BCUT2D eigenvalue weighted by Gasteiger charge is -2.33. The van der Waals surface area contributed by atoms with Gasteiger partial charge >= 0.3 is 0 Å².